The normalized spacial score (nSPS) is 17.8. The molecule has 1 aliphatic rings. The molecule has 1 fully saturated rings. The van der Waals surface area contributed by atoms with E-state index in [1.165, 1.54) is 13.2 Å². The van der Waals surface area contributed by atoms with Crippen LogP contribution in [0.25, 0.3) is 22.4 Å². The number of aryl methyl sites for hydroxylation is 1. The summed E-state index contributed by atoms with van der Waals surface area (Å²) in [6.45, 7) is 3.09. The fourth-order valence-corrected chi connectivity index (χ4v) is 5.19. The van der Waals surface area contributed by atoms with Gasteiger partial charge in [-0.3, -0.25) is 4.68 Å². The molecule has 2 aromatic carbocycles. The lowest BCUT2D eigenvalue weighted by atomic mass is 9.82. The SMILES string of the molecule is CCCc1nn(C[C@H]2CC[C@H](COCC(=O)O)CC2)c(-c2ccc(OC)cc2F)c1-c1ccccc1. The Morgan fingerprint density at radius 1 is 1.11 bits per heavy atom. The van der Waals surface area contributed by atoms with Crippen LogP contribution in [0.4, 0.5) is 4.39 Å². The number of rotatable bonds is 11. The second-order valence-electron chi connectivity index (χ2n) is 9.61. The number of carboxylic acids is 1. The quantitative estimate of drug-likeness (QED) is 0.342. The standard InChI is InChI=1S/C29H35FN2O4/c1-3-7-26-28(22-8-5-4-6-9-22)29(24-15-14-23(35-2)16-25(24)30)32(31-26)17-20-10-12-21(13-11-20)18-36-19-27(33)34/h4-6,8-9,14-16,20-21H,3,7,10-13,17-19H2,1-2H3,(H,33,34)/t20-,21-. The van der Waals surface area contributed by atoms with Gasteiger partial charge in [0, 0.05) is 23.7 Å². The van der Waals surface area contributed by atoms with Gasteiger partial charge in [-0.05, 0) is 61.6 Å². The number of hydrogen-bond donors (Lipinski definition) is 1. The van der Waals surface area contributed by atoms with Crippen molar-refractivity contribution < 1.29 is 23.8 Å². The summed E-state index contributed by atoms with van der Waals surface area (Å²) in [6, 6.07) is 15.1. The monoisotopic (exact) mass is 494 g/mol. The molecule has 192 valence electrons. The smallest absolute Gasteiger partial charge is 0.329 e. The van der Waals surface area contributed by atoms with E-state index in [-0.39, 0.29) is 12.4 Å². The first-order chi connectivity index (χ1) is 17.5. The summed E-state index contributed by atoms with van der Waals surface area (Å²) in [7, 11) is 1.54. The van der Waals surface area contributed by atoms with Gasteiger partial charge in [0.25, 0.3) is 0 Å². The summed E-state index contributed by atoms with van der Waals surface area (Å²) >= 11 is 0. The van der Waals surface area contributed by atoms with Gasteiger partial charge in [0.2, 0.25) is 0 Å². The second-order valence-corrected chi connectivity index (χ2v) is 9.61. The molecule has 1 N–H and O–H groups in total. The van der Waals surface area contributed by atoms with E-state index >= 15 is 4.39 Å². The molecule has 0 unspecified atom stereocenters. The highest BCUT2D eigenvalue weighted by Crippen LogP contribution is 2.39. The Bertz CT molecular complexity index is 1150. The summed E-state index contributed by atoms with van der Waals surface area (Å²) in [4.78, 5) is 10.7. The third kappa shape index (κ3) is 6.13. The minimum Gasteiger partial charge on any atom is -0.497 e. The van der Waals surface area contributed by atoms with E-state index in [4.69, 9.17) is 19.7 Å². The van der Waals surface area contributed by atoms with Gasteiger partial charge >= 0.3 is 5.97 Å². The average molecular weight is 495 g/mol. The van der Waals surface area contributed by atoms with E-state index in [0.29, 0.717) is 36.3 Å². The average Bonchev–Trinajstić information content (AvgIpc) is 3.22. The van der Waals surface area contributed by atoms with Crippen LogP contribution in [0, 0.1) is 17.7 Å². The molecular formula is C29H35FN2O4. The van der Waals surface area contributed by atoms with Crippen LogP contribution >= 0.6 is 0 Å². The molecule has 36 heavy (non-hydrogen) atoms. The number of benzene rings is 2. The number of carbonyl (C=O) groups is 1. The van der Waals surface area contributed by atoms with Crippen LogP contribution < -0.4 is 4.74 Å². The van der Waals surface area contributed by atoms with Gasteiger partial charge in [-0.1, -0.05) is 43.7 Å². The summed E-state index contributed by atoms with van der Waals surface area (Å²) in [5.74, 6) is 0.0274. The number of ether oxygens (including phenoxy) is 2. The molecule has 0 spiro atoms. The van der Waals surface area contributed by atoms with E-state index in [2.05, 4.69) is 19.1 Å². The predicted molar refractivity (Wildman–Crippen MR) is 138 cm³/mol. The zero-order chi connectivity index (χ0) is 25.5. The molecule has 7 heteroatoms. The number of nitrogens with zero attached hydrogens (tertiary/aromatic N) is 2. The lowest BCUT2D eigenvalue weighted by Gasteiger charge is -2.28. The maximum Gasteiger partial charge on any atom is 0.329 e. The van der Waals surface area contributed by atoms with Crippen molar-refractivity contribution in [2.24, 2.45) is 11.8 Å². The fraction of sp³-hybridized carbons (Fsp3) is 0.448. The first-order valence-electron chi connectivity index (χ1n) is 12.8. The van der Waals surface area contributed by atoms with Crippen LogP contribution in [-0.2, 0) is 22.5 Å². The minimum absolute atomic E-state index is 0.244. The molecule has 6 nitrogen and oxygen atoms in total. The maximum absolute atomic E-state index is 15.4. The Balaban J connectivity index is 1.65. The van der Waals surface area contributed by atoms with Gasteiger partial charge in [0.1, 0.15) is 18.2 Å². The van der Waals surface area contributed by atoms with Gasteiger partial charge in [0.05, 0.1) is 25.1 Å². The number of halogens is 1. The Morgan fingerprint density at radius 2 is 1.83 bits per heavy atom. The van der Waals surface area contributed by atoms with E-state index < -0.39 is 5.97 Å². The first kappa shape index (κ1) is 25.9. The molecule has 0 bridgehead atoms. The molecule has 1 heterocycles. The minimum atomic E-state index is -0.933. The van der Waals surface area contributed by atoms with Crippen LogP contribution in [0.15, 0.2) is 48.5 Å². The van der Waals surface area contributed by atoms with E-state index in [1.807, 2.05) is 22.9 Å². The van der Waals surface area contributed by atoms with E-state index in [0.717, 1.165) is 61.0 Å². The fourth-order valence-electron chi connectivity index (χ4n) is 5.19. The van der Waals surface area contributed by atoms with Crippen molar-refractivity contribution in [3.63, 3.8) is 0 Å². The number of hydrogen-bond acceptors (Lipinski definition) is 4. The summed E-state index contributed by atoms with van der Waals surface area (Å²) < 4.78 is 28.0. The van der Waals surface area contributed by atoms with Crippen molar-refractivity contribution in [1.29, 1.82) is 0 Å². The van der Waals surface area contributed by atoms with Gasteiger partial charge in [0.15, 0.2) is 0 Å². The number of aliphatic carboxylic acids is 1. The predicted octanol–water partition coefficient (Wildman–Crippen LogP) is 6.22. The van der Waals surface area contributed by atoms with Crippen LogP contribution in [0.2, 0.25) is 0 Å². The molecule has 0 amide bonds. The maximum atomic E-state index is 15.4. The molecule has 0 radical (unpaired) electrons. The van der Waals surface area contributed by atoms with Crippen molar-refractivity contribution in [2.75, 3.05) is 20.3 Å². The molecule has 0 aliphatic heterocycles. The van der Waals surface area contributed by atoms with Gasteiger partial charge in [-0.15, -0.1) is 0 Å². The highest BCUT2D eigenvalue weighted by Gasteiger charge is 2.27. The molecule has 1 saturated carbocycles. The van der Waals surface area contributed by atoms with Gasteiger partial charge < -0.3 is 14.6 Å². The molecule has 0 atom stereocenters. The third-order valence-electron chi connectivity index (χ3n) is 6.98. The van der Waals surface area contributed by atoms with E-state index in [9.17, 15) is 4.79 Å². The Kier molecular flexibility index (Phi) is 8.75. The van der Waals surface area contributed by atoms with Crippen LogP contribution in [0.1, 0.15) is 44.7 Å². The summed E-state index contributed by atoms with van der Waals surface area (Å²) in [5, 5.41) is 13.8. The largest absolute Gasteiger partial charge is 0.497 e. The molecule has 0 saturated heterocycles. The first-order valence-corrected chi connectivity index (χ1v) is 12.8. The summed E-state index contributed by atoms with van der Waals surface area (Å²) in [5.41, 5.74) is 4.37. The van der Waals surface area contributed by atoms with Crippen LogP contribution in [0.3, 0.4) is 0 Å². The van der Waals surface area contributed by atoms with E-state index in [1.54, 1.807) is 12.1 Å². The Hall–Kier alpha value is -3.19. The highest BCUT2D eigenvalue weighted by molar-refractivity contribution is 5.83. The number of carboxylic acid groups (broad SMARTS) is 1. The van der Waals surface area contributed by atoms with Gasteiger partial charge in [-0.25, -0.2) is 9.18 Å². The topological polar surface area (TPSA) is 73.6 Å². The zero-order valence-electron chi connectivity index (χ0n) is 21.1. The number of methoxy groups -OCH3 is 1. The molecular weight excluding hydrogens is 459 g/mol. The Labute approximate surface area is 212 Å². The van der Waals surface area contributed by atoms with Gasteiger partial charge in [-0.2, -0.15) is 5.10 Å². The van der Waals surface area contributed by atoms with Crippen molar-refractivity contribution in [3.8, 4) is 28.1 Å². The molecule has 3 aromatic rings. The van der Waals surface area contributed by atoms with Crippen LogP contribution in [-0.4, -0.2) is 41.2 Å². The lowest BCUT2D eigenvalue weighted by molar-refractivity contribution is -0.142. The molecule has 4 rings (SSSR count). The summed E-state index contributed by atoms with van der Waals surface area (Å²) in [6.07, 6.45) is 5.76. The zero-order valence-corrected chi connectivity index (χ0v) is 21.1. The second kappa shape index (κ2) is 12.2. The lowest BCUT2D eigenvalue weighted by Crippen LogP contribution is -2.23. The van der Waals surface area contributed by atoms with Crippen LogP contribution in [0.5, 0.6) is 5.75 Å². The third-order valence-corrected chi connectivity index (χ3v) is 6.98. The van der Waals surface area contributed by atoms with Crippen molar-refractivity contribution >= 4 is 5.97 Å². The van der Waals surface area contributed by atoms with Crippen molar-refractivity contribution in [2.45, 2.75) is 52.0 Å². The molecule has 1 aromatic heterocycles. The van der Waals surface area contributed by atoms with Crippen molar-refractivity contribution in [1.82, 2.24) is 9.78 Å². The highest BCUT2D eigenvalue weighted by atomic mass is 19.1. The number of aromatic nitrogens is 2. The Morgan fingerprint density at radius 3 is 2.47 bits per heavy atom. The van der Waals surface area contributed by atoms with Crippen molar-refractivity contribution in [3.05, 3.63) is 60.0 Å². The molecule has 1 aliphatic carbocycles.